The Balaban J connectivity index is 1.80. The quantitative estimate of drug-likeness (QED) is 0.882. The summed E-state index contributed by atoms with van der Waals surface area (Å²) in [7, 11) is 1.80. The molecule has 0 radical (unpaired) electrons. The predicted molar refractivity (Wildman–Crippen MR) is 70.5 cm³/mol. The number of morpholine rings is 1. The molecule has 0 bridgehead atoms. The molecule has 1 aliphatic heterocycles. The molecule has 2 heterocycles. The molecule has 0 unspecified atom stereocenters. The number of nitrogens with one attached hydrogen (secondary N) is 1. The summed E-state index contributed by atoms with van der Waals surface area (Å²) < 4.78 is 5.86. The van der Waals surface area contributed by atoms with Crippen molar-refractivity contribution in [1.29, 1.82) is 0 Å². The first kappa shape index (κ1) is 13.5. The number of amides is 1. The van der Waals surface area contributed by atoms with Crippen LogP contribution in [0.2, 0.25) is 0 Å². The van der Waals surface area contributed by atoms with Crippen LogP contribution in [0.25, 0.3) is 0 Å². The van der Waals surface area contributed by atoms with Crippen LogP contribution in [0.3, 0.4) is 0 Å². The molecule has 1 N–H and O–H groups in total. The van der Waals surface area contributed by atoms with Crippen LogP contribution < -0.4 is 0 Å². The number of imidazole rings is 1. The molecule has 0 spiro atoms. The van der Waals surface area contributed by atoms with Crippen LogP contribution in [0, 0.1) is 0 Å². The molecule has 1 aromatic heterocycles. The monoisotopic (exact) mass is 316 g/mol. The van der Waals surface area contributed by atoms with Gasteiger partial charge in [-0.1, -0.05) is 0 Å². The highest BCUT2D eigenvalue weighted by Gasteiger charge is 2.16. The van der Waals surface area contributed by atoms with Gasteiger partial charge in [0, 0.05) is 33.2 Å². The van der Waals surface area contributed by atoms with E-state index in [9.17, 15) is 4.79 Å². The summed E-state index contributed by atoms with van der Waals surface area (Å²) in [6.45, 7) is 5.03. The van der Waals surface area contributed by atoms with Crippen LogP contribution in [0.5, 0.6) is 0 Å². The van der Waals surface area contributed by atoms with Gasteiger partial charge in [-0.3, -0.25) is 9.69 Å². The number of H-pyrrole nitrogens is 1. The molecular weight excluding hydrogens is 300 g/mol. The number of carbonyl (C=O) groups excluding carboxylic acids is 1. The van der Waals surface area contributed by atoms with Crippen LogP contribution in [-0.4, -0.2) is 72.1 Å². The minimum Gasteiger partial charge on any atom is -0.379 e. The Labute approximate surface area is 114 Å². The summed E-state index contributed by atoms with van der Waals surface area (Å²) in [6, 6.07) is 0. The third kappa shape index (κ3) is 3.54. The number of hydrogen-bond donors (Lipinski definition) is 1. The van der Waals surface area contributed by atoms with Crippen LogP contribution >= 0.6 is 15.9 Å². The van der Waals surface area contributed by atoms with Crippen molar-refractivity contribution in [3.05, 3.63) is 16.6 Å². The molecule has 0 saturated carbocycles. The largest absolute Gasteiger partial charge is 0.379 e. The summed E-state index contributed by atoms with van der Waals surface area (Å²) in [5.41, 5.74) is 0.506. The van der Waals surface area contributed by atoms with Gasteiger partial charge in [0.1, 0.15) is 5.69 Å². The summed E-state index contributed by atoms with van der Waals surface area (Å²) in [4.78, 5) is 22.9. The van der Waals surface area contributed by atoms with Gasteiger partial charge >= 0.3 is 0 Å². The molecule has 1 fully saturated rings. The van der Waals surface area contributed by atoms with Gasteiger partial charge in [-0.25, -0.2) is 4.98 Å². The summed E-state index contributed by atoms with van der Waals surface area (Å²) in [5.74, 6) is -0.0403. The lowest BCUT2D eigenvalue weighted by Gasteiger charge is -2.28. The second-order valence-electron chi connectivity index (χ2n) is 4.27. The lowest BCUT2D eigenvalue weighted by Crippen LogP contribution is -2.42. The van der Waals surface area contributed by atoms with Crippen LogP contribution in [-0.2, 0) is 4.74 Å². The Bertz CT molecular complexity index is 404. The lowest BCUT2D eigenvalue weighted by atomic mass is 10.3. The van der Waals surface area contributed by atoms with Crippen LogP contribution in [0.1, 0.15) is 10.5 Å². The number of aromatic amines is 1. The fraction of sp³-hybridized carbons (Fsp3) is 0.636. The predicted octanol–water partition coefficient (Wildman–Crippen LogP) is 0.576. The van der Waals surface area contributed by atoms with E-state index in [2.05, 4.69) is 30.8 Å². The topological polar surface area (TPSA) is 61.5 Å². The first-order chi connectivity index (χ1) is 8.66. The van der Waals surface area contributed by atoms with E-state index >= 15 is 0 Å². The molecule has 1 aromatic rings. The zero-order valence-electron chi connectivity index (χ0n) is 10.4. The zero-order chi connectivity index (χ0) is 13.0. The van der Waals surface area contributed by atoms with E-state index in [-0.39, 0.29) is 5.91 Å². The Hall–Kier alpha value is -0.920. The van der Waals surface area contributed by atoms with Crippen molar-refractivity contribution in [2.24, 2.45) is 0 Å². The highest BCUT2D eigenvalue weighted by atomic mass is 79.9. The fourth-order valence-electron chi connectivity index (χ4n) is 1.83. The van der Waals surface area contributed by atoms with E-state index in [0.717, 1.165) is 32.8 Å². The van der Waals surface area contributed by atoms with Crippen molar-refractivity contribution in [2.45, 2.75) is 0 Å². The first-order valence-electron chi connectivity index (χ1n) is 5.93. The third-order valence-electron chi connectivity index (χ3n) is 2.98. The van der Waals surface area contributed by atoms with Gasteiger partial charge in [-0.2, -0.15) is 0 Å². The average molecular weight is 317 g/mol. The van der Waals surface area contributed by atoms with E-state index in [4.69, 9.17) is 4.74 Å². The van der Waals surface area contributed by atoms with Gasteiger partial charge in [0.25, 0.3) is 5.91 Å². The second-order valence-corrected chi connectivity index (χ2v) is 5.02. The maximum Gasteiger partial charge on any atom is 0.271 e. The second kappa shape index (κ2) is 6.31. The molecule has 1 saturated heterocycles. The van der Waals surface area contributed by atoms with E-state index in [1.807, 2.05) is 0 Å². The Morgan fingerprint density at radius 3 is 2.94 bits per heavy atom. The van der Waals surface area contributed by atoms with Crippen LogP contribution in [0.15, 0.2) is 10.9 Å². The molecule has 18 heavy (non-hydrogen) atoms. The van der Waals surface area contributed by atoms with E-state index in [0.29, 0.717) is 17.0 Å². The Kier molecular flexibility index (Phi) is 4.73. The van der Waals surface area contributed by atoms with Crippen LogP contribution in [0.4, 0.5) is 0 Å². The number of ether oxygens (including phenoxy) is 1. The smallest absolute Gasteiger partial charge is 0.271 e. The highest BCUT2D eigenvalue weighted by molar-refractivity contribution is 9.10. The minimum atomic E-state index is -0.0403. The highest BCUT2D eigenvalue weighted by Crippen LogP contribution is 2.06. The number of likely N-dealkylation sites (N-methyl/N-ethyl adjacent to an activating group) is 1. The maximum atomic E-state index is 12.0. The third-order valence-corrected chi connectivity index (χ3v) is 3.38. The van der Waals surface area contributed by atoms with Gasteiger partial charge in [0.05, 0.1) is 19.4 Å². The minimum absolute atomic E-state index is 0.0403. The lowest BCUT2D eigenvalue weighted by molar-refractivity contribution is 0.0338. The molecule has 0 atom stereocenters. The molecule has 0 aliphatic carbocycles. The molecule has 2 rings (SSSR count). The molecule has 1 aliphatic rings. The van der Waals surface area contributed by atoms with Crippen molar-refractivity contribution >= 4 is 21.8 Å². The standard InChI is InChI=1S/C11H17BrN4O2/c1-15(2-3-16-4-6-18-7-5-16)10(17)9-8-13-11(12)14-9/h8H,2-7H2,1H3,(H,13,14). The Morgan fingerprint density at radius 1 is 1.61 bits per heavy atom. The number of rotatable bonds is 4. The molecule has 6 nitrogen and oxygen atoms in total. The van der Waals surface area contributed by atoms with Gasteiger partial charge in [0.2, 0.25) is 0 Å². The van der Waals surface area contributed by atoms with Crippen molar-refractivity contribution < 1.29 is 9.53 Å². The normalized spacial score (nSPS) is 16.8. The van der Waals surface area contributed by atoms with Crippen molar-refractivity contribution in [2.75, 3.05) is 46.4 Å². The van der Waals surface area contributed by atoms with Crippen molar-refractivity contribution in [3.63, 3.8) is 0 Å². The number of carbonyl (C=O) groups is 1. The van der Waals surface area contributed by atoms with Crippen molar-refractivity contribution in [3.8, 4) is 0 Å². The van der Waals surface area contributed by atoms with Gasteiger partial charge in [-0.05, 0) is 15.9 Å². The number of aromatic nitrogens is 2. The SMILES string of the molecule is CN(CCN1CCOCC1)C(=O)c1cnc(Br)[nH]1. The van der Waals surface area contributed by atoms with E-state index in [1.165, 1.54) is 6.20 Å². The molecule has 100 valence electrons. The summed E-state index contributed by atoms with van der Waals surface area (Å²) in [6.07, 6.45) is 1.54. The maximum absolute atomic E-state index is 12.0. The fourth-order valence-corrected chi connectivity index (χ4v) is 2.14. The van der Waals surface area contributed by atoms with E-state index < -0.39 is 0 Å². The first-order valence-corrected chi connectivity index (χ1v) is 6.72. The summed E-state index contributed by atoms with van der Waals surface area (Å²) >= 11 is 3.19. The molecule has 0 aromatic carbocycles. The van der Waals surface area contributed by atoms with E-state index in [1.54, 1.807) is 11.9 Å². The molecule has 7 heteroatoms. The number of hydrogen-bond acceptors (Lipinski definition) is 4. The number of nitrogens with zero attached hydrogens (tertiary/aromatic N) is 3. The zero-order valence-corrected chi connectivity index (χ0v) is 11.9. The molecule has 1 amide bonds. The average Bonchev–Trinajstić information content (AvgIpc) is 2.83. The molecular formula is C11H17BrN4O2. The van der Waals surface area contributed by atoms with Gasteiger partial charge < -0.3 is 14.6 Å². The van der Waals surface area contributed by atoms with Crippen molar-refractivity contribution in [1.82, 2.24) is 19.8 Å². The Morgan fingerprint density at radius 2 is 2.33 bits per heavy atom. The number of halogens is 1. The summed E-state index contributed by atoms with van der Waals surface area (Å²) in [5, 5.41) is 0. The van der Waals surface area contributed by atoms with Gasteiger partial charge in [-0.15, -0.1) is 0 Å². The van der Waals surface area contributed by atoms with Gasteiger partial charge in [0.15, 0.2) is 4.73 Å².